The SMILES string of the molecule is COc1cc(C(=O)N2CCCCC2Nc2nc(NC3CCC(N)CC3)nc3c2ncn3C2CCCC2)cc(OC)c1OC. The Balaban J connectivity index is 1.32. The minimum Gasteiger partial charge on any atom is -0.493 e. The number of aromatic nitrogens is 4. The van der Waals surface area contributed by atoms with Crippen molar-refractivity contribution in [2.75, 3.05) is 38.5 Å². The Hall–Kier alpha value is -3.80. The van der Waals surface area contributed by atoms with Crippen molar-refractivity contribution >= 4 is 28.8 Å². The maximum absolute atomic E-state index is 14.0. The number of imidazole rings is 1. The standard InChI is InChI=1S/C31H44N8O4/c1-41-23-16-19(17-24(42-2)27(23)43-3)30(40)38-15-7-6-10-25(38)35-28-26-29(39(18-33-26)22-8-4-5-9-22)37-31(36-28)34-21-13-11-20(32)12-14-21/h16-18,20-22,25H,4-15,32H2,1-3H3,(H2,34,35,36,37). The molecule has 12 heteroatoms. The second kappa shape index (κ2) is 12.8. The molecule has 3 aliphatic rings. The lowest BCUT2D eigenvalue weighted by molar-refractivity contribution is 0.0644. The average Bonchev–Trinajstić information content (AvgIpc) is 3.72. The summed E-state index contributed by atoms with van der Waals surface area (Å²) in [4.78, 5) is 30.6. The fourth-order valence-corrected chi connectivity index (χ4v) is 6.83. The third-order valence-electron chi connectivity index (χ3n) is 9.22. The first kappa shape index (κ1) is 29.3. The number of carbonyl (C=O) groups excluding carboxylic acids is 1. The molecular formula is C31H44N8O4. The molecule has 2 saturated carbocycles. The van der Waals surface area contributed by atoms with E-state index in [9.17, 15) is 4.79 Å². The number of anilines is 2. The molecule has 1 atom stereocenters. The van der Waals surface area contributed by atoms with Crippen LogP contribution >= 0.6 is 0 Å². The fraction of sp³-hybridized carbons (Fsp3) is 0.613. The van der Waals surface area contributed by atoms with Crippen LogP contribution in [0.3, 0.4) is 0 Å². The van der Waals surface area contributed by atoms with Gasteiger partial charge in [0.2, 0.25) is 11.7 Å². The van der Waals surface area contributed by atoms with E-state index < -0.39 is 0 Å². The topological polar surface area (TPSA) is 142 Å². The lowest BCUT2D eigenvalue weighted by Gasteiger charge is -2.36. The first-order valence-corrected chi connectivity index (χ1v) is 15.6. The Morgan fingerprint density at radius 1 is 0.884 bits per heavy atom. The van der Waals surface area contributed by atoms with E-state index in [4.69, 9.17) is 34.9 Å². The number of hydrogen-bond donors (Lipinski definition) is 3. The van der Waals surface area contributed by atoms with Crippen molar-refractivity contribution in [3.05, 3.63) is 24.0 Å². The van der Waals surface area contributed by atoms with E-state index in [2.05, 4.69) is 15.2 Å². The quantitative estimate of drug-likeness (QED) is 0.320. The van der Waals surface area contributed by atoms with Crippen LogP contribution in [0.5, 0.6) is 17.2 Å². The van der Waals surface area contributed by atoms with E-state index in [0.717, 1.165) is 69.0 Å². The number of hydrogen-bond acceptors (Lipinski definition) is 10. The molecule has 1 aliphatic heterocycles. The van der Waals surface area contributed by atoms with Crippen LogP contribution in [0.25, 0.3) is 11.2 Å². The normalized spacial score (nSPS) is 22.9. The second-order valence-corrected chi connectivity index (χ2v) is 12.0. The van der Waals surface area contributed by atoms with Gasteiger partial charge in [-0.3, -0.25) is 4.79 Å². The zero-order valence-corrected chi connectivity index (χ0v) is 25.5. The summed E-state index contributed by atoms with van der Waals surface area (Å²) in [5.41, 5.74) is 8.20. The molecule has 2 aromatic heterocycles. The minimum absolute atomic E-state index is 0.116. The Kier molecular flexibility index (Phi) is 8.73. The zero-order valence-electron chi connectivity index (χ0n) is 25.5. The molecule has 3 aromatic rings. The van der Waals surface area contributed by atoms with Gasteiger partial charge in [-0.1, -0.05) is 12.8 Å². The third-order valence-corrected chi connectivity index (χ3v) is 9.22. The predicted octanol–water partition coefficient (Wildman–Crippen LogP) is 4.71. The van der Waals surface area contributed by atoms with Gasteiger partial charge in [-0.15, -0.1) is 0 Å². The van der Waals surface area contributed by atoms with Crippen molar-refractivity contribution in [1.82, 2.24) is 24.4 Å². The van der Waals surface area contributed by atoms with Crippen LogP contribution in [-0.4, -0.2) is 76.4 Å². The van der Waals surface area contributed by atoms with Gasteiger partial charge in [-0.2, -0.15) is 9.97 Å². The summed E-state index contributed by atoms with van der Waals surface area (Å²) in [6.45, 7) is 0.616. The van der Waals surface area contributed by atoms with Gasteiger partial charge in [0.15, 0.2) is 28.5 Å². The highest BCUT2D eigenvalue weighted by atomic mass is 16.5. The van der Waals surface area contributed by atoms with Crippen molar-refractivity contribution in [1.29, 1.82) is 0 Å². The van der Waals surface area contributed by atoms with Crippen LogP contribution in [0, 0.1) is 0 Å². The molecule has 3 heterocycles. The summed E-state index contributed by atoms with van der Waals surface area (Å²) in [5, 5.41) is 7.22. The zero-order chi connectivity index (χ0) is 29.9. The molecule has 2 aliphatic carbocycles. The molecule has 1 saturated heterocycles. The summed E-state index contributed by atoms with van der Waals surface area (Å²) < 4.78 is 18.7. The molecule has 6 rings (SSSR count). The Morgan fingerprint density at radius 2 is 1.58 bits per heavy atom. The average molecular weight is 593 g/mol. The molecule has 12 nitrogen and oxygen atoms in total. The number of carbonyl (C=O) groups is 1. The number of nitrogens with zero attached hydrogens (tertiary/aromatic N) is 5. The molecule has 0 radical (unpaired) electrons. The number of nitrogens with two attached hydrogens (primary N) is 1. The van der Waals surface area contributed by atoms with Gasteiger partial charge in [0.1, 0.15) is 6.17 Å². The Labute approximate surface area is 252 Å². The summed E-state index contributed by atoms with van der Waals surface area (Å²) in [6.07, 6.45) is 13.0. The smallest absolute Gasteiger partial charge is 0.255 e. The van der Waals surface area contributed by atoms with E-state index >= 15 is 0 Å². The number of benzene rings is 1. The van der Waals surface area contributed by atoms with Crippen LogP contribution in [-0.2, 0) is 0 Å². The fourth-order valence-electron chi connectivity index (χ4n) is 6.83. The van der Waals surface area contributed by atoms with Crippen LogP contribution < -0.4 is 30.6 Å². The molecule has 232 valence electrons. The minimum atomic E-state index is -0.268. The largest absolute Gasteiger partial charge is 0.493 e. The van der Waals surface area contributed by atoms with Gasteiger partial charge in [-0.05, 0) is 69.9 Å². The number of likely N-dealkylation sites (tertiary alicyclic amines) is 1. The molecular weight excluding hydrogens is 548 g/mol. The van der Waals surface area contributed by atoms with Crippen molar-refractivity contribution < 1.29 is 19.0 Å². The first-order valence-electron chi connectivity index (χ1n) is 15.6. The Bertz CT molecular complexity index is 1410. The van der Waals surface area contributed by atoms with Crippen molar-refractivity contribution in [3.8, 4) is 17.2 Å². The number of piperidine rings is 1. The van der Waals surface area contributed by atoms with E-state index in [1.165, 1.54) is 12.8 Å². The highest BCUT2D eigenvalue weighted by molar-refractivity contribution is 5.96. The maximum Gasteiger partial charge on any atom is 0.255 e. The van der Waals surface area contributed by atoms with E-state index in [0.29, 0.717) is 47.2 Å². The molecule has 1 amide bonds. The van der Waals surface area contributed by atoms with Crippen molar-refractivity contribution in [2.45, 2.75) is 94.9 Å². The number of ether oxygens (including phenoxy) is 3. The molecule has 0 spiro atoms. The van der Waals surface area contributed by atoms with Crippen LogP contribution in [0.4, 0.5) is 11.8 Å². The number of nitrogens with one attached hydrogen (secondary N) is 2. The molecule has 0 bridgehead atoms. The lowest BCUT2D eigenvalue weighted by atomic mass is 9.92. The molecule has 43 heavy (non-hydrogen) atoms. The highest BCUT2D eigenvalue weighted by Crippen LogP contribution is 2.39. The number of methoxy groups -OCH3 is 3. The number of amides is 1. The predicted molar refractivity (Wildman–Crippen MR) is 165 cm³/mol. The van der Waals surface area contributed by atoms with Gasteiger partial charge < -0.3 is 40.0 Å². The second-order valence-electron chi connectivity index (χ2n) is 12.0. The number of rotatable bonds is 9. The molecule has 1 aromatic carbocycles. The molecule has 3 fully saturated rings. The van der Waals surface area contributed by atoms with Crippen LogP contribution in [0.15, 0.2) is 18.5 Å². The van der Waals surface area contributed by atoms with E-state index in [-0.39, 0.29) is 24.2 Å². The van der Waals surface area contributed by atoms with Gasteiger partial charge >= 0.3 is 0 Å². The summed E-state index contributed by atoms with van der Waals surface area (Å²) in [6, 6.07) is 4.35. The molecule has 1 unspecified atom stereocenters. The monoisotopic (exact) mass is 592 g/mol. The summed E-state index contributed by atoms with van der Waals surface area (Å²) in [7, 11) is 4.65. The van der Waals surface area contributed by atoms with Crippen molar-refractivity contribution in [3.63, 3.8) is 0 Å². The first-order chi connectivity index (χ1) is 21.0. The maximum atomic E-state index is 14.0. The van der Waals surface area contributed by atoms with Crippen molar-refractivity contribution in [2.24, 2.45) is 5.73 Å². The number of fused-ring (bicyclic) bond motifs is 1. The van der Waals surface area contributed by atoms with Crippen LogP contribution in [0.1, 0.15) is 87.0 Å². The Morgan fingerprint density at radius 3 is 2.26 bits per heavy atom. The van der Waals surface area contributed by atoms with E-state index in [1.807, 2.05) is 11.2 Å². The lowest BCUT2D eigenvalue weighted by Crippen LogP contribution is -2.48. The van der Waals surface area contributed by atoms with E-state index in [1.54, 1.807) is 33.5 Å². The molecule has 4 N–H and O–H groups in total. The summed E-state index contributed by atoms with van der Waals surface area (Å²) >= 11 is 0. The van der Waals surface area contributed by atoms with Gasteiger partial charge in [-0.25, -0.2) is 4.98 Å². The van der Waals surface area contributed by atoms with Gasteiger partial charge in [0, 0.05) is 30.2 Å². The summed E-state index contributed by atoms with van der Waals surface area (Å²) in [5.74, 6) is 2.47. The van der Waals surface area contributed by atoms with Crippen LogP contribution in [0.2, 0.25) is 0 Å². The highest BCUT2D eigenvalue weighted by Gasteiger charge is 2.31. The van der Waals surface area contributed by atoms with Gasteiger partial charge in [0.25, 0.3) is 5.91 Å². The third kappa shape index (κ3) is 6.02. The van der Waals surface area contributed by atoms with Gasteiger partial charge in [0.05, 0.1) is 27.7 Å².